The average Bonchev–Trinajstić information content (AvgIpc) is 2.79. The van der Waals surface area contributed by atoms with Crippen molar-refractivity contribution in [3.63, 3.8) is 0 Å². The predicted molar refractivity (Wildman–Crippen MR) is 122 cm³/mol. The summed E-state index contributed by atoms with van der Waals surface area (Å²) in [5, 5.41) is 15.0. The third-order valence-electron chi connectivity index (χ3n) is 5.05. The summed E-state index contributed by atoms with van der Waals surface area (Å²) < 4.78 is 13.7. The van der Waals surface area contributed by atoms with E-state index >= 15 is 0 Å². The Hall–Kier alpha value is -3.87. The number of carbonyl (C=O) groups excluding carboxylic acids is 1. The Balaban J connectivity index is 1.98. The molecule has 0 spiro atoms. The first-order chi connectivity index (χ1) is 15.0. The van der Waals surface area contributed by atoms with Gasteiger partial charge in [-0.3, -0.25) is 4.79 Å². The third-order valence-corrected chi connectivity index (χ3v) is 5.05. The second-order valence-corrected chi connectivity index (χ2v) is 6.93. The second-order valence-electron chi connectivity index (χ2n) is 6.93. The lowest BCUT2D eigenvalue weighted by Gasteiger charge is -2.21. The molecule has 0 fully saturated rings. The zero-order valence-corrected chi connectivity index (χ0v) is 17.5. The van der Waals surface area contributed by atoms with Crippen molar-refractivity contribution in [1.82, 2.24) is 0 Å². The monoisotopic (exact) mass is 420 g/mol. The number of hydrogen-bond acceptors (Lipinski definition) is 4. The van der Waals surface area contributed by atoms with E-state index in [0.717, 1.165) is 18.8 Å². The molecular weight excluding hydrogens is 395 g/mol. The highest BCUT2D eigenvalue weighted by Crippen LogP contribution is 2.27. The van der Waals surface area contributed by atoms with Gasteiger partial charge in [0.15, 0.2) is 5.84 Å². The largest absolute Gasteiger partial charge is 0.409 e. The number of halogens is 1. The highest BCUT2D eigenvalue weighted by molar-refractivity contribution is 6.10. The summed E-state index contributed by atoms with van der Waals surface area (Å²) in [6.45, 7) is 5.75. The summed E-state index contributed by atoms with van der Waals surface area (Å²) in [6.07, 6.45) is 0. The molecule has 160 valence electrons. The molecule has 0 heterocycles. The maximum Gasteiger partial charge on any atom is 0.255 e. The van der Waals surface area contributed by atoms with Gasteiger partial charge in [0.25, 0.3) is 5.91 Å². The molecule has 1 amide bonds. The van der Waals surface area contributed by atoms with Crippen LogP contribution in [0.2, 0.25) is 0 Å². The molecule has 0 aliphatic carbocycles. The van der Waals surface area contributed by atoms with E-state index in [4.69, 9.17) is 10.9 Å². The highest BCUT2D eigenvalue weighted by atomic mass is 19.1. The molecule has 7 heteroatoms. The number of carbonyl (C=O) groups is 1. The molecule has 0 bridgehead atoms. The Morgan fingerprint density at radius 3 is 2.42 bits per heavy atom. The fourth-order valence-electron chi connectivity index (χ4n) is 3.40. The van der Waals surface area contributed by atoms with E-state index < -0.39 is 0 Å². The van der Waals surface area contributed by atoms with Crippen molar-refractivity contribution in [2.45, 2.75) is 13.8 Å². The maximum atomic E-state index is 13.7. The summed E-state index contributed by atoms with van der Waals surface area (Å²) in [4.78, 5) is 15.1. The van der Waals surface area contributed by atoms with Crippen LogP contribution in [0.5, 0.6) is 0 Å². The van der Waals surface area contributed by atoms with Gasteiger partial charge < -0.3 is 21.2 Å². The molecule has 0 aliphatic heterocycles. The Bertz CT molecular complexity index is 1110. The molecule has 3 aromatic rings. The zero-order chi connectivity index (χ0) is 22.4. The number of anilines is 2. The topological polar surface area (TPSA) is 91.0 Å². The third kappa shape index (κ3) is 5.01. The fourth-order valence-corrected chi connectivity index (χ4v) is 3.40. The fraction of sp³-hybridized carbons (Fsp3) is 0.167. The number of amides is 1. The van der Waals surface area contributed by atoms with Crippen LogP contribution in [0, 0.1) is 5.82 Å². The zero-order valence-electron chi connectivity index (χ0n) is 17.5. The van der Waals surface area contributed by atoms with E-state index in [1.165, 1.54) is 12.1 Å². The predicted octanol–water partition coefficient (Wildman–Crippen LogP) is 4.69. The first kappa shape index (κ1) is 21.8. The van der Waals surface area contributed by atoms with Crippen molar-refractivity contribution in [2.24, 2.45) is 10.9 Å². The van der Waals surface area contributed by atoms with Gasteiger partial charge in [0.2, 0.25) is 0 Å². The molecule has 3 rings (SSSR count). The van der Waals surface area contributed by atoms with Crippen molar-refractivity contribution < 1.29 is 14.4 Å². The van der Waals surface area contributed by atoms with Gasteiger partial charge in [0.1, 0.15) is 5.82 Å². The average molecular weight is 420 g/mol. The lowest BCUT2D eigenvalue weighted by Crippen LogP contribution is -2.23. The lowest BCUT2D eigenvalue weighted by molar-refractivity contribution is 0.102. The minimum atomic E-state index is -0.364. The first-order valence-corrected chi connectivity index (χ1v) is 10.0. The lowest BCUT2D eigenvalue weighted by atomic mass is 10.0. The number of rotatable bonds is 7. The summed E-state index contributed by atoms with van der Waals surface area (Å²) in [5.74, 6) is -0.841. The van der Waals surface area contributed by atoms with Gasteiger partial charge in [-0.25, -0.2) is 4.39 Å². The first-order valence-electron chi connectivity index (χ1n) is 10.0. The van der Waals surface area contributed by atoms with E-state index in [0.29, 0.717) is 27.9 Å². The van der Waals surface area contributed by atoms with Crippen LogP contribution in [0.3, 0.4) is 0 Å². The number of oxime groups is 1. The molecule has 6 nitrogen and oxygen atoms in total. The molecular formula is C24H25FN4O2. The van der Waals surface area contributed by atoms with Crippen LogP contribution in [0.25, 0.3) is 11.1 Å². The van der Waals surface area contributed by atoms with E-state index in [-0.39, 0.29) is 17.6 Å². The van der Waals surface area contributed by atoms with E-state index in [1.807, 2.05) is 18.2 Å². The van der Waals surface area contributed by atoms with Crippen LogP contribution < -0.4 is 16.0 Å². The molecule has 3 aromatic carbocycles. The quantitative estimate of drug-likeness (QED) is 0.224. The molecule has 0 aromatic heterocycles. The van der Waals surface area contributed by atoms with Gasteiger partial charge in [0, 0.05) is 29.9 Å². The van der Waals surface area contributed by atoms with Gasteiger partial charge in [-0.15, -0.1) is 0 Å². The highest BCUT2D eigenvalue weighted by Gasteiger charge is 2.15. The van der Waals surface area contributed by atoms with Crippen LogP contribution in [0.15, 0.2) is 71.9 Å². The van der Waals surface area contributed by atoms with Crippen LogP contribution in [0.1, 0.15) is 29.8 Å². The van der Waals surface area contributed by atoms with Gasteiger partial charge in [0.05, 0.1) is 5.69 Å². The summed E-state index contributed by atoms with van der Waals surface area (Å²) >= 11 is 0. The minimum Gasteiger partial charge on any atom is -0.409 e. The normalized spacial score (nSPS) is 11.3. The van der Waals surface area contributed by atoms with Gasteiger partial charge in [-0.1, -0.05) is 29.4 Å². The Labute approximate surface area is 180 Å². The number of amidine groups is 1. The molecule has 4 N–H and O–H groups in total. The van der Waals surface area contributed by atoms with Crippen LogP contribution in [-0.2, 0) is 0 Å². The molecule has 0 saturated carbocycles. The molecule has 0 aliphatic rings. The van der Waals surface area contributed by atoms with Crippen LogP contribution in [0.4, 0.5) is 15.8 Å². The Kier molecular flexibility index (Phi) is 6.87. The standard InChI is InChI=1S/C24H25FN4O2/c1-3-29(4-2)20-10-6-8-18(14-20)24(30)27-22-15-17(11-12-21(22)23(26)28-31)16-7-5-9-19(25)13-16/h5-15,31H,3-4H2,1-2H3,(H2,26,28)(H,27,30). The minimum absolute atomic E-state index is 0.141. The van der Waals surface area contributed by atoms with Crippen molar-refractivity contribution >= 4 is 23.1 Å². The smallest absolute Gasteiger partial charge is 0.255 e. The van der Waals surface area contributed by atoms with Crippen molar-refractivity contribution in [1.29, 1.82) is 0 Å². The van der Waals surface area contributed by atoms with Gasteiger partial charge in [-0.05, 0) is 67.4 Å². The van der Waals surface area contributed by atoms with E-state index in [2.05, 4.69) is 29.2 Å². The molecule has 0 unspecified atom stereocenters. The van der Waals surface area contributed by atoms with Crippen molar-refractivity contribution in [3.05, 3.63) is 83.7 Å². The van der Waals surface area contributed by atoms with E-state index in [9.17, 15) is 9.18 Å². The van der Waals surface area contributed by atoms with E-state index in [1.54, 1.807) is 36.4 Å². The second kappa shape index (κ2) is 9.75. The summed E-state index contributed by atoms with van der Waals surface area (Å²) in [5.41, 5.74) is 9.27. The number of nitrogens with one attached hydrogen (secondary N) is 1. The maximum absolute atomic E-state index is 13.7. The molecule has 0 saturated heterocycles. The van der Waals surface area contributed by atoms with Gasteiger partial charge >= 0.3 is 0 Å². The molecule has 31 heavy (non-hydrogen) atoms. The SMILES string of the molecule is CCN(CC)c1cccc(C(=O)Nc2cc(-c3cccc(F)c3)ccc2/C(N)=N/O)c1. The van der Waals surface area contributed by atoms with Crippen molar-refractivity contribution in [3.8, 4) is 11.1 Å². The number of nitrogens with zero attached hydrogens (tertiary/aromatic N) is 2. The van der Waals surface area contributed by atoms with Gasteiger partial charge in [-0.2, -0.15) is 0 Å². The molecule has 0 atom stereocenters. The summed E-state index contributed by atoms with van der Waals surface area (Å²) in [6, 6.07) is 18.5. The number of hydrogen-bond donors (Lipinski definition) is 3. The van der Waals surface area contributed by atoms with Crippen LogP contribution in [-0.4, -0.2) is 30.0 Å². The Morgan fingerprint density at radius 1 is 1.03 bits per heavy atom. The number of nitrogens with two attached hydrogens (primary N) is 1. The van der Waals surface area contributed by atoms with Crippen molar-refractivity contribution in [2.75, 3.05) is 23.3 Å². The Morgan fingerprint density at radius 2 is 1.74 bits per heavy atom. The molecule has 0 radical (unpaired) electrons. The summed E-state index contributed by atoms with van der Waals surface area (Å²) in [7, 11) is 0. The number of benzene rings is 3. The van der Waals surface area contributed by atoms with Crippen LogP contribution >= 0.6 is 0 Å².